The van der Waals surface area contributed by atoms with Crippen LogP contribution in [-0.4, -0.2) is 47.2 Å². The van der Waals surface area contributed by atoms with Crippen molar-refractivity contribution in [3.63, 3.8) is 0 Å². The number of likely N-dealkylation sites (N-methyl/N-ethyl adjacent to an activating group) is 1. The highest BCUT2D eigenvalue weighted by atomic mass is 16.2. The molecule has 5 heteroatoms. The van der Waals surface area contributed by atoms with Crippen LogP contribution in [0.5, 0.6) is 0 Å². The largest absolute Gasteiger partial charge is 0.339 e. The van der Waals surface area contributed by atoms with Gasteiger partial charge in [-0.1, -0.05) is 54.6 Å². The molecule has 1 aliphatic carbocycles. The van der Waals surface area contributed by atoms with Crippen LogP contribution in [0.25, 0.3) is 11.1 Å². The molecule has 3 aliphatic rings. The van der Waals surface area contributed by atoms with Gasteiger partial charge in [-0.2, -0.15) is 0 Å². The van der Waals surface area contributed by atoms with E-state index in [1.54, 1.807) is 0 Å². The molecule has 2 aromatic rings. The molecule has 3 fully saturated rings. The predicted molar refractivity (Wildman–Crippen MR) is 113 cm³/mol. The minimum absolute atomic E-state index is 0.00536. The number of fused-ring (bicyclic) bond motifs is 2. The van der Waals surface area contributed by atoms with Crippen molar-refractivity contribution < 1.29 is 14.4 Å². The minimum atomic E-state index is -1.10. The van der Waals surface area contributed by atoms with E-state index in [1.165, 1.54) is 18.4 Å². The SMILES string of the molecule is CN1C(=O)CC(CC(=O)N2CC3CCC2C3)(c2ccc(-c3ccccc3)cc2)C1=O. The molecule has 154 valence electrons. The van der Waals surface area contributed by atoms with Crippen molar-refractivity contribution in [3.05, 3.63) is 60.2 Å². The Morgan fingerprint density at radius 3 is 2.27 bits per heavy atom. The van der Waals surface area contributed by atoms with E-state index in [1.807, 2.05) is 59.5 Å². The molecule has 2 aromatic carbocycles. The molecule has 3 amide bonds. The van der Waals surface area contributed by atoms with Crippen molar-refractivity contribution in [1.29, 1.82) is 0 Å². The summed E-state index contributed by atoms with van der Waals surface area (Å²) in [6.07, 6.45) is 3.45. The number of carbonyl (C=O) groups excluding carboxylic acids is 3. The van der Waals surface area contributed by atoms with Gasteiger partial charge in [0.25, 0.3) is 0 Å². The predicted octanol–water partition coefficient (Wildman–Crippen LogP) is 3.38. The molecule has 0 N–H and O–H groups in total. The molecule has 2 aliphatic heterocycles. The number of amides is 3. The fourth-order valence-corrected chi connectivity index (χ4v) is 5.55. The summed E-state index contributed by atoms with van der Waals surface area (Å²) in [7, 11) is 1.52. The maximum Gasteiger partial charge on any atom is 0.240 e. The van der Waals surface area contributed by atoms with E-state index in [4.69, 9.17) is 0 Å². The first-order valence-electron chi connectivity index (χ1n) is 10.7. The van der Waals surface area contributed by atoms with Crippen LogP contribution in [-0.2, 0) is 19.8 Å². The lowest BCUT2D eigenvalue weighted by Crippen LogP contribution is -2.45. The van der Waals surface area contributed by atoms with Gasteiger partial charge in [-0.15, -0.1) is 0 Å². The van der Waals surface area contributed by atoms with Crippen LogP contribution in [0.3, 0.4) is 0 Å². The fourth-order valence-electron chi connectivity index (χ4n) is 5.55. The van der Waals surface area contributed by atoms with E-state index in [-0.39, 0.29) is 30.6 Å². The second-order valence-corrected chi connectivity index (χ2v) is 9.02. The number of benzene rings is 2. The second kappa shape index (κ2) is 7.08. The maximum absolute atomic E-state index is 13.3. The molecule has 0 spiro atoms. The molecule has 5 nitrogen and oxygen atoms in total. The van der Waals surface area contributed by atoms with Gasteiger partial charge < -0.3 is 4.90 Å². The minimum Gasteiger partial charge on any atom is -0.339 e. The van der Waals surface area contributed by atoms with E-state index in [0.29, 0.717) is 12.0 Å². The monoisotopic (exact) mass is 402 g/mol. The lowest BCUT2D eigenvalue weighted by Gasteiger charge is -2.32. The van der Waals surface area contributed by atoms with Crippen molar-refractivity contribution in [2.45, 2.75) is 43.6 Å². The fraction of sp³-hybridized carbons (Fsp3) is 0.400. The van der Waals surface area contributed by atoms with Crippen molar-refractivity contribution in [2.75, 3.05) is 13.6 Å². The zero-order chi connectivity index (χ0) is 20.9. The molecular weight excluding hydrogens is 376 g/mol. The van der Waals surface area contributed by atoms with Crippen LogP contribution in [0.2, 0.25) is 0 Å². The Labute approximate surface area is 176 Å². The first-order valence-corrected chi connectivity index (χ1v) is 10.7. The zero-order valence-electron chi connectivity index (χ0n) is 17.2. The topological polar surface area (TPSA) is 57.7 Å². The van der Waals surface area contributed by atoms with Gasteiger partial charge >= 0.3 is 0 Å². The van der Waals surface area contributed by atoms with Crippen LogP contribution in [0.1, 0.15) is 37.7 Å². The molecule has 5 rings (SSSR count). The Hall–Kier alpha value is -2.95. The molecule has 2 heterocycles. The standard InChI is InChI=1S/C25H26N2O3/c1-26-22(28)14-25(24(26)30,15-23(29)27-16-17-7-12-21(27)13-17)20-10-8-19(9-11-20)18-5-3-2-4-6-18/h2-6,8-11,17,21H,7,12-16H2,1H3. The molecule has 3 unspecified atom stereocenters. The van der Waals surface area contributed by atoms with Crippen LogP contribution in [0.15, 0.2) is 54.6 Å². The van der Waals surface area contributed by atoms with Gasteiger partial charge in [0.05, 0.1) is 5.41 Å². The van der Waals surface area contributed by atoms with Gasteiger partial charge in [-0.05, 0) is 41.9 Å². The Morgan fingerprint density at radius 2 is 1.70 bits per heavy atom. The zero-order valence-corrected chi connectivity index (χ0v) is 17.2. The highest BCUT2D eigenvalue weighted by Gasteiger charge is 2.54. The first-order chi connectivity index (χ1) is 14.5. The normalized spacial score (nSPS) is 27.9. The Morgan fingerprint density at radius 1 is 1.00 bits per heavy atom. The van der Waals surface area contributed by atoms with E-state index >= 15 is 0 Å². The molecule has 30 heavy (non-hydrogen) atoms. The van der Waals surface area contributed by atoms with E-state index in [2.05, 4.69) is 0 Å². The third kappa shape index (κ3) is 2.95. The van der Waals surface area contributed by atoms with Gasteiger partial charge in [-0.3, -0.25) is 19.3 Å². The van der Waals surface area contributed by atoms with Crippen LogP contribution >= 0.6 is 0 Å². The van der Waals surface area contributed by atoms with Crippen molar-refractivity contribution in [2.24, 2.45) is 5.92 Å². The number of likely N-dealkylation sites (tertiary alicyclic amines) is 2. The lowest BCUT2D eigenvalue weighted by atomic mass is 9.75. The third-order valence-electron chi connectivity index (χ3n) is 7.27. The summed E-state index contributed by atoms with van der Waals surface area (Å²) in [6.45, 7) is 0.796. The highest BCUT2D eigenvalue weighted by Crippen LogP contribution is 2.43. The summed E-state index contributed by atoms with van der Waals surface area (Å²) < 4.78 is 0. The van der Waals surface area contributed by atoms with E-state index in [0.717, 1.165) is 36.1 Å². The van der Waals surface area contributed by atoms with Crippen LogP contribution in [0.4, 0.5) is 0 Å². The molecule has 0 aromatic heterocycles. The maximum atomic E-state index is 13.3. The van der Waals surface area contributed by atoms with E-state index in [9.17, 15) is 14.4 Å². The van der Waals surface area contributed by atoms with Crippen LogP contribution in [0, 0.1) is 5.92 Å². The molecule has 2 saturated heterocycles. The molecular formula is C25H26N2O3. The first kappa shape index (κ1) is 19.0. The summed E-state index contributed by atoms with van der Waals surface area (Å²) in [4.78, 5) is 42.1. The van der Waals surface area contributed by atoms with Crippen molar-refractivity contribution in [3.8, 4) is 11.1 Å². The lowest BCUT2D eigenvalue weighted by molar-refractivity contribution is -0.142. The highest BCUT2D eigenvalue weighted by molar-refractivity contribution is 6.10. The summed E-state index contributed by atoms with van der Waals surface area (Å²) in [5, 5.41) is 0. The Balaban J connectivity index is 1.47. The van der Waals surface area contributed by atoms with Gasteiger partial charge in [0.2, 0.25) is 17.7 Å². The van der Waals surface area contributed by atoms with Gasteiger partial charge in [0.15, 0.2) is 0 Å². The average molecular weight is 402 g/mol. The molecule has 2 bridgehead atoms. The average Bonchev–Trinajstić information content (AvgIpc) is 3.46. The van der Waals surface area contributed by atoms with Gasteiger partial charge in [0.1, 0.15) is 0 Å². The second-order valence-electron chi connectivity index (χ2n) is 9.02. The quantitative estimate of drug-likeness (QED) is 0.737. The summed E-state index contributed by atoms with van der Waals surface area (Å²) >= 11 is 0. The number of rotatable bonds is 4. The number of hydrogen-bond acceptors (Lipinski definition) is 3. The smallest absolute Gasteiger partial charge is 0.240 e. The molecule has 0 radical (unpaired) electrons. The number of hydrogen-bond donors (Lipinski definition) is 0. The van der Waals surface area contributed by atoms with Crippen LogP contribution < -0.4 is 0 Å². The van der Waals surface area contributed by atoms with Gasteiger partial charge in [-0.25, -0.2) is 0 Å². The van der Waals surface area contributed by atoms with Gasteiger partial charge in [0, 0.05) is 32.5 Å². The molecule has 3 atom stereocenters. The molecule has 1 saturated carbocycles. The summed E-state index contributed by atoms with van der Waals surface area (Å²) in [6, 6.07) is 18.1. The number of piperidine rings is 1. The third-order valence-corrected chi connectivity index (χ3v) is 7.27. The van der Waals surface area contributed by atoms with E-state index < -0.39 is 5.41 Å². The number of imide groups is 1. The number of nitrogens with zero attached hydrogens (tertiary/aromatic N) is 2. The summed E-state index contributed by atoms with van der Waals surface area (Å²) in [5.41, 5.74) is 1.79. The van der Waals surface area contributed by atoms with Crippen molar-refractivity contribution >= 4 is 17.7 Å². The number of carbonyl (C=O) groups is 3. The Bertz CT molecular complexity index is 1000. The van der Waals surface area contributed by atoms with Crippen molar-refractivity contribution in [1.82, 2.24) is 9.80 Å². The Kier molecular flexibility index (Phi) is 4.49. The summed E-state index contributed by atoms with van der Waals surface area (Å²) in [5.74, 6) is 0.120.